The average Bonchev–Trinajstić information content (AvgIpc) is 2.38. The van der Waals surface area contributed by atoms with Crippen LogP contribution in [0.5, 0.6) is 0 Å². The van der Waals surface area contributed by atoms with E-state index in [4.69, 9.17) is 0 Å². The SMILES string of the molecule is C[C@@H]1CN(C(=O)CS(=O)(=O)c2cccc(Br)c2)CCN1.Cl. The van der Waals surface area contributed by atoms with Gasteiger partial charge in [-0.05, 0) is 25.1 Å². The molecule has 2 rings (SSSR count). The summed E-state index contributed by atoms with van der Waals surface area (Å²) >= 11 is 3.24. The highest BCUT2D eigenvalue weighted by atomic mass is 79.9. The summed E-state index contributed by atoms with van der Waals surface area (Å²) in [6, 6.07) is 6.62. The highest BCUT2D eigenvalue weighted by Crippen LogP contribution is 2.17. The zero-order chi connectivity index (χ0) is 14.8. The number of sulfone groups is 1. The number of hydrogen-bond donors (Lipinski definition) is 1. The minimum absolute atomic E-state index is 0. The molecule has 1 atom stereocenters. The van der Waals surface area contributed by atoms with Gasteiger partial charge in [-0.25, -0.2) is 8.42 Å². The second-order valence-electron chi connectivity index (χ2n) is 4.91. The highest BCUT2D eigenvalue weighted by Gasteiger charge is 2.26. The first-order valence-corrected chi connectivity index (χ1v) is 8.82. The lowest BCUT2D eigenvalue weighted by molar-refractivity contribution is -0.129. The molecule has 0 spiro atoms. The Labute approximate surface area is 139 Å². The van der Waals surface area contributed by atoms with Gasteiger partial charge in [-0.2, -0.15) is 0 Å². The van der Waals surface area contributed by atoms with Crippen LogP contribution >= 0.6 is 28.3 Å². The predicted molar refractivity (Wildman–Crippen MR) is 87.5 cm³/mol. The van der Waals surface area contributed by atoms with Gasteiger partial charge in [0.2, 0.25) is 5.91 Å². The highest BCUT2D eigenvalue weighted by molar-refractivity contribution is 9.10. The third-order valence-corrected chi connectivity index (χ3v) is 5.28. The van der Waals surface area contributed by atoms with E-state index in [2.05, 4.69) is 21.2 Å². The average molecular weight is 398 g/mol. The molecule has 1 heterocycles. The fourth-order valence-electron chi connectivity index (χ4n) is 2.16. The van der Waals surface area contributed by atoms with E-state index in [1.807, 2.05) is 6.92 Å². The maximum absolute atomic E-state index is 12.2. The molecule has 0 aromatic heterocycles. The minimum Gasteiger partial charge on any atom is -0.339 e. The molecule has 1 aliphatic rings. The topological polar surface area (TPSA) is 66.5 Å². The van der Waals surface area contributed by atoms with Gasteiger partial charge in [0, 0.05) is 30.1 Å². The van der Waals surface area contributed by atoms with Crippen molar-refractivity contribution in [2.24, 2.45) is 0 Å². The van der Waals surface area contributed by atoms with E-state index < -0.39 is 15.6 Å². The Morgan fingerprint density at radius 2 is 2.19 bits per heavy atom. The van der Waals surface area contributed by atoms with E-state index in [-0.39, 0.29) is 29.3 Å². The molecule has 1 aromatic carbocycles. The van der Waals surface area contributed by atoms with Gasteiger partial charge in [0.25, 0.3) is 0 Å². The molecule has 1 saturated heterocycles. The molecular weight excluding hydrogens is 380 g/mol. The number of amides is 1. The lowest BCUT2D eigenvalue weighted by atomic mass is 10.2. The Morgan fingerprint density at radius 3 is 2.81 bits per heavy atom. The van der Waals surface area contributed by atoms with Gasteiger partial charge in [0.1, 0.15) is 5.75 Å². The van der Waals surface area contributed by atoms with Gasteiger partial charge in [-0.15, -0.1) is 12.4 Å². The standard InChI is InChI=1S/C13H17BrN2O3S.ClH/c1-10-8-16(6-5-15-10)13(17)9-20(18,19)12-4-2-3-11(14)7-12;/h2-4,7,10,15H,5-6,8-9H2,1H3;1H/t10-;/m1./s1. The van der Waals surface area contributed by atoms with Crippen LogP contribution in [0.1, 0.15) is 6.92 Å². The first kappa shape index (κ1) is 18.4. The summed E-state index contributed by atoms with van der Waals surface area (Å²) in [6.45, 7) is 3.77. The van der Waals surface area contributed by atoms with Gasteiger partial charge < -0.3 is 10.2 Å². The summed E-state index contributed by atoms with van der Waals surface area (Å²) in [6.07, 6.45) is 0. The molecule has 0 aliphatic carbocycles. The molecule has 21 heavy (non-hydrogen) atoms. The predicted octanol–water partition coefficient (Wildman–Crippen LogP) is 1.46. The van der Waals surface area contributed by atoms with Crippen molar-refractivity contribution in [1.29, 1.82) is 0 Å². The third kappa shape index (κ3) is 4.95. The quantitative estimate of drug-likeness (QED) is 0.839. The van der Waals surface area contributed by atoms with Crippen LogP contribution in [0.25, 0.3) is 0 Å². The summed E-state index contributed by atoms with van der Waals surface area (Å²) in [5.41, 5.74) is 0. The number of halogens is 2. The second kappa shape index (κ2) is 7.58. The minimum atomic E-state index is -3.59. The van der Waals surface area contributed by atoms with Crippen LogP contribution in [0.15, 0.2) is 33.6 Å². The van der Waals surface area contributed by atoms with E-state index in [1.54, 1.807) is 17.0 Å². The first-order valence-electron chi connectivity index (χ1n) is 6.38. The second-order valence-corrected chi connectivity index (χ2v) is 7.82. The lowest BCUT2D eigenvalue weighted by Crippen LogP contribution is -2.52. The van der Waals surface area contributed by atoms with Crippen LogP contribution in [0, 0.1) is 0 Å². The molecule has 0 saturated carbocycles. The van der Waals surface area contributed by atoms with Crippen molar-refractivity contribution in [3.05, 3.63) is 28.7 Å². The van der Waals surface area contributed by atoms with Crippen molar-refractivity contribution in [2.75, 3.05) is 25.4 Å². The number of carbonyl (C=O) groups excluding carboxylic acids is 1. The fraction of sp³-hybridized carbons (Fsp3) is 0.462. The summed E-state index contributed by atoms with van der Waals surface area (Å²) in [5, 5.41) is 3.22. The Morgan fingerprint density at radius 1 is 1.48 bits per heavy atom. The Hall–Kier alpha value is -0.630. The molecule has 1 fully saturated rings. The van der Waals surface area contributed by atoms with Crippen LogP contribution in [-0.4, -0.2) is 50.7 Å². The normalized spacial score (nSPS) is 19.0. The van der Waals surface area contributed by atoms with Gasteiger partial charge in [-0.1, -0.05) is 22.0 Å². The van der Waals surface area contributed by atoms with E-state index in [0.29, 0.717) is 24.1 Å². The maximum Gasteiger partial charge on any atom is 0.238 e. The molecule has 1 aliphatic heterocycles. The van der Waals surface area contributed by atoms with Crippen molar-refractivity contribution in [1.82, 2.24) is 10.2 Å². The van der Waals surface area contributed by atoms with Crippen LogP contribution in [-0.2, 0) is 14.6 Å². The molecule has 0 unspecified atom stereocenters. The van der Waals surface area contributed by atoms with Crippen molar-refractivity contribution in [3.8, 4) is 0 Å². The molecule has 8 heteroatoms. The Kier molecular flexibility index (Phi) is 6.65. The van der Waals surface area contributed by atoms with E-state index in [1.165, 1.54) is 12.1 Å². The van der Waals surface area contributed by atoms with E-state index >= 15 is 0 Å². The fourth-order valence-corrected chi connectivity index (χ4v) is 3.97. The van der Waals surface area contributed by atoms with Crippen molar-refractivity contribution < 1.29 is 13.2 Å². The van der Waals surface area contributed by atoms with E-state index in [9.17, 15) is 13.2 Å². The summed E-state index contributed by atoms with van der Waals surface area (Å²) in [4.78, 5) is 13.9. The number of nitrogens with one attached hydrogen (secondary N) is 1. The van der Waals surface area contributed by atoms with Crippen LogP contribution < -0.4 is 5.32 Å². The Bertz CT molecular complexity index is 609. The molecule has 1 aromatic rings. The number of benzene rings is 1. The largest absolute Gasteiger partial charge is 0.339 e. The number of rotatable bonds is 3. The third-order valence-electron chi connectivity index (χ3n) is 3.19. The number of nitrogens with zero attached hydrogens (tertiary/aromatic N) is 1. The lowest BCUT2D eigenvalue weighted by Gasteiger charge is -2.31. The molecule has 0 bridgehead atoms. The van der Waals surface area contributed by atoms with Crippen LogP contribution in [0.4, 0.5) is 0 Å². The molecule has 5 nitrogen and oxygen atoms in total. The molecule has 118 valence electrons. The number of carbonyl (C=O) groups is 1. The number of piperazine rings is 1. The van der Waals surface area contributed by atoms with Gasteiger partial charge in [-0.3, -0.25) is 4.79 Å². The van der Waals surface area contributed by atoms with Crippen LogP contribution in [0.3, 0.4) is 0 Å². The van der Waals surface area contributed by atoms with Crippen molar-refractivity contribution in [2.45, 2.75) is 17.9 Å². The summed E-state index contributed by atoms with van der Waals surface area (Å²) < 4.78 is 25.2. The summed E-state index contributed by atoms with van der Waals surface area (Å²) in [5.74, 6) is -0.811. The molecule has 0 radical (unpaired) electrons. The smallest absolute Gasteiger partial charge is 0.238 e. The van der Waals surface area contributed by atoms with Gasteiger partial charge in [0.05, 0.1) is 4.90 Å². The van der Waals surface area contributed by atoms with Gasteiger partial charge in [0.15, 0.2) is 9.84 Å². The van der Waals surface area contributed by atoms with Crippen LogP contribution in [0.2, 0.25) is 0 Å². The Balaban J connectivity index is 0.00000220. The molecule has 1 amide bonds. The summed E-state index contributed by atoms with van der Waals surface area (Å²) in [7, 11) is -3.59. The first-order chi connectivity index (χ1) is 9.38. The monoisotopic (exact) mass is 396 g/mol. The van der Waals surface area contributed by atoms with Crippen molar-refractivity contribution in [3.63, 3.8) is 0 Å². The van der Waals surface area contributed by atoms with E-state index in [0.717, 1.165) is 0 Å². The zero-order valence-corrected chi connectivity index (χ0v) is 14.8. The maximum atomic E-state index is 12.2. The zero-order valence-electron chi connectivity index (χ0n) is 11.6. The van der Waals surface area contributed by atoms with Gasteiger partial charge >= 0.3 is 0 Å². The molecular formula is C13H18BrClN2O3S. The molecule has 1 N–H and O–H groups in total. The van der Waals surface area contributed by atoms with Crippen molar-refractivity contribution >= 4 is 44.1 Å². The number of hydrogen-bond acceptors (Lipinski definition) is 4.